The third-order valence-corrected chi connectivity index (χ3v) is 2.31. The van der Waals surface area contributed by atoms with Gasteiger partial charge in [0.1, 0.15) is 0 Å². The van der Waals surface area contributed by atoms with Crippen LogP contribution in [-0.4, -0.2) is 17.1 Å². The summed E-state index contributed by atoms with van der Waals surface area (Å²) in [7, 11) is 1.95. The summed E-state index contributed by atoms with van der Waals surface area (Å²) in [5, 5.41) is 0. The van der Waals surface area contributed by atoms with E-state index in [-0.39, 0.29) is 5.97 Å². The van der Waals surface area contributed by atoms with E-state index in [4.69, 9.17) is 4.74 Å². The van der Waals surface area contributed by atoms with Crippen molar-refractivity contribution in [2.75, 3.05) is 6.61 Å². The molecule has 0 bridgehead atoms. The monoisotopic (exact) mass is 195 g/mol. The Hall–Kier alpha value is -1.25. The molecule has 0 fully saturated rings. The Balaban J connectivity index is 3.11. The average molecular weight is 195 g/mol. The Kier molecular flexibility index (Phi) is 3.33. The molecule has 14 heavy (non-hydrogen) atoms. The molecule has 0 aliphatic carbocycles. The molecule has 78 valence electrons. The number of nitrogens with zero attached hydrogens (tertiary/aromatic N) is 1. The molecule has 0 atom stereocenters. The van der Waals surface area contributed by atoms with Crippen molar-refractivity contribution in [3.05, 3.63) is 23.0 Å². The predicted molar refractivity (Wildman–Crippen MR) is 55.5 cm³/mol. The molecule has 0 unspecified atom stereocenters. The number of ether oxygens (including phenoxy) is 1. The van der Waals surface area contributed by atoms with Crippen molar-refractivity contribution in [1.82, 2.24) is 4.57 Å². The average Bonchev–Trinajstić information content (AvgIpc) is 2.40. The van der Waals surface area contributed by atoms with E-state index in [1.54, 1.807) is 0 Å². The van der Waals surface area contributed by atoms with Gasteiger partial charge in [0.2, 0.25) is 0 Å². The topological polar surface area (TPSA) is 31.2 Å². The Morgan fingerprint density at radius 3 is 2.64 bits per heavy atom. The number of hydrogen-bond acceptors (Lipinski definition) is 2. The van der Waals surface area contributed by atoms with Gasteiger partial charge in [-0.05, 0) is 25.8 Å². The first-order valence-electron chi connectivity index (χ1n) is 4.93. The molecular weight excluding hydrogens is 178 g/mol. The van der Waals surface area contributed by atoms with E-state index in [1.165, 1.54) is 0 Å². The summed E-state index contributed by atoms with van der Waals surface area (Å²) < 4.78 is 7.00. The Labute approximate surface area is 84.7 Å². The van der Waals surface area contributed by atoms with Gasteiger partial charge in [0, 0.05) is 18.9 Å². The molecule has 0 aliphatic rings. The third-order valence-electron chi connectivity index (χ3n) is 2.31. The largest absolute Gasteiger partial charge is 0.462 e. The lowest BCUT2D eigenvalue weighted by atomic mass is 10.1. The number of aryl methyl sites for hydroxylation is 2. The lowest BCUT2D eigenvalue weighted by Gasteiger charge is -2.05. The zero-order chi connectivity index (χ0) is 10.7. The number of carbonyl (C=O) groups excluding carboxylic acids is 1. The summed E-state index contributed by atoms with van der Waals surface area (Å²) >= 11 is 0. The van der Waals surface area contributed by atoms with Gasteiger partial charge in [-0.1, -0.05) is 6.92 Å². The quantitative estimate of drug-likeness (QED) is 0.691. The van der Waals surface area contributed by atoms with E-state index in [0.717, 1.165) is 23.2 Å². The van der Waals surface area contributed by atoms with Gasteiger partial charge in [0.15, 0.2) is 0 Å². The number of esters is 1. The molecule has 3 heteroatoms. The van der Waals surface area contributed by atoms with Crippen LogP contribution in [0.25, 0.3) is 0 Å². The first kappa shape index (κ1) is 10.8. The second-order valence-electron chi connectivity index (χ2n) is 3.32. The maximum absolute atomic E-state index is 11.6. The zero-order valence-electron chi connectivity index (χ0n) is 9.26. The van der Waals surface area contributed by atoms with Gasteiger partial charge in [-0.3, -0.25) is 0 Å². The van der Waals surface area contributed by atoms with Crippen LogP contribution in [0.2, 0.25) is 0 Å². The van der Waals surface area contributed by atoms with Crippen LogP contribution in [0.5, 0.6) is 0 Å². The van der Waals surface area contributed by atoms with E-state index in [1.807, 2.05) is 38.6 Å². The molecule has 0 spiro atoms. The lowest BCUT2D eigenvalue weighted by molar-refractivity contribution is 0.0524. The molecule has 0 saturated heterocycles. The summed E-state index contributed by atoms with van der Waals surface area (Å²) in [5.41, 5.74) is 2.76. The lowest BCUT2D eigenvalue weighted by Crippen LogP contribution is -2.09. The van der Waals surface area contributed by atoms with Crippen molar-refractivity contribution in [2.24, 2.45) is 7.05 Å². The molecule has 1 heterocycles. The molecule has 3 nitrogen and oxygen atoms in total. The van der Waals surface area contributed by atoms with Crippen LogP contribution in [0.4, 0.5) is 0 Å². The fraction of sp³-hybridized carbons (Fsp3) is 0.545. The fourth-order valence-corrected chi connectivity index (χ4v) is 1.75. The predicted octanol–water partition coefficient (Wildman–Crippen LogP) is 2.07. The number of aromatic nitrogens is 1. The summed E-state index contributed by atoms with van der Waals surface area (Å²) in [6, 6.07) is 0. The molecule has 0 aliphatic heterocycles. The Morgan fingerprint density at radius 1 is 1.50 bits per heavy atom. The van der Waals surface area contributed by atoms with Crippen molar-refractivity contribution in [3.63, 3.8) is 0 Å². The summed E-state index contributed by atoms with van der Waals surface area (Å²) in [6.45, 7) is 6.22. The molecular formula is C11H17NO2. The molecule has 0 saturated carbocycles. The SMILES string of the molecule is CCOC(=O)c1c(C)cn(C)c1CC. The standard InChI is InChI=1S/C11H17NO2/c1-5-9-10(11(13)14-6-2)8(3)7-12(9)4/h7H,5-6H2,1-4H3. The maximum Gasteiger partial charge on any atom is 0.340 e. The third kappa shape index (κ3) is 1.81. The van der Waals surface area contributed by atoms with Gasteiger partial charge in [0.25, 0.3) is 0 Å². The normalized spacial score (nSPS) is 10.3. The zero-order valence-corrected chi connectivity index (χ0v) is 9.26. The molecule has 1 rings (SSSR count). The smallest absolute Gasteiger partial charge is 0.340 e. The van der Waals surface area contributed by atoms with Crippen LogP contribution in [0.3, 0.4) is 0 Å². The molecule has 0 aromatic carbocycles. The Bertz CT molecular complexity index is 339. The van der Waals surface area contributed by atoms with Crippen LogP contribution < -0.4 is 0 Å². The van der Waals surface area contributed by atoms with Gasteiger partial charge in [0.05, 0.1) is 12.2 Å². The van der Waals surface area contributed by atoms with E-state index in [0.29, 0.717) is 6.61 Å². The maximum atomic E-state index is 11.6. The number of carbonyl (C=O) groups is 1. The highest BCUT2D eigenvalue weighted by Gasteiger charge is 2.17. The van der Waals surface area contributed by atoms with Crippen molar-refractivity contribution in [1.29, 1.82) is 0 Å². The highest BCUT2D eigenvalue weighted by molar-refractivity contribution is 5.92. The molecule has 0 radical (unpaired) electrons. The van der Waals surface area contributed by atoms with E-state index >= 15 is 0 Å². The number of rotatable bonds is 3. The molecule has 1 aromatic rings. The van der Waals surface area contributed by atoms with Crippen molar-refractivity contribution >= 4 is 5.97 Å². The second kappa shape index (κ2) is 4.31. The van der Waals surface area contributed by atoms with Crippen LogP contribution >= 0.6 is 0 Å². The van der Waals surface area contributed by atoms with Crippen LogP contribution in [0.1, 0.15) is 35.5 Å². The van der Waals surface area contributed by atoms with Gasteiger partial charge in [-0.15, -0.1) is 0 Å². The minimum Gasteiger partial charge on any atom is -0.462 e. The molecule has 1 aromatic heterocycles. The van der Waals surface area contributed by atoms with Crippen molar-refractivity contribution in [2.45, 2.75) is 27.2 Å². The number of hydrogen-bond donors (Lipinski definition) is 0. The van der Waals surface area contributed by atoms with E-state index in [2.05, 4.69) is 0 Å². The molecule has 0 amide bonds. The minimum atomic E-state index is -0.206. The van der Waals surface area contributed by atoms with Gasteiger partial charge in [-0.2, -0.15) is 0 Å². The highest BCUT2D eigenvalue weighted by Crippen LogP contribution is 2.17. The van der Waals surface area contributed by atoms with Crippen LogP contribution in [-0.2, 0) is 18.2 Å². The minimum absolute atomic E-state index is 0.206. The van der Waals surface area contributed by atoms with Crippen LogP contribution in [0, 0.1) is 6.92 Å². The van der Waals surface area contributed by atoms with Gasteiger partial charge in [-0.25, -0.2) is 4.79 Å². The van der Waals surface area contributed by atoms with Gasteiger partial charge >= 0.3 is 5.97 Å². The highest BCUT2D eigenvalue weighted by atomic mass is 16.5. The van der Waals surface area contributed by atoms with Crippen molar-refractivity contribution < 1.29 is 9.53 Å². The van der Waals surface area contributed by atoms with Crippen molar-refractivity contribution in [3.8, 4) is 0 Å². The van der Waals surface area contributed by atoms with Crippen LogP contribution in [0.15, 0.2) is 6.20 Å². The summed E-state index contributed by atoms with van der Waals surface area (Å²) in [4.78, 5) is 11.6. The Morgan fingerprint density at radius 2 is 2.14 bits per heavy atom. The fourth-order valence-electron chi connectivity index (χ4n) is 1.75. The van der Waals surface area contributed by atoms with E-state index in [9.17, 15) is 4.79 Å². The summed E-state index contributed by atoms with van der Waals surface area (Å²) in [6.07, 6.45) is 2.81. The summed E-state index contributed by atoms with van der Waals surface area (Å²) in [5.74, 6) is -0.206. The molecule has 0 N–H and O–H groups in total. The van der Waals surface area contributed by atoms with E-state index < -0.39 is 0 Å². The first-order valence-corrected chi connectivity index (χ1v) is 4.93. The second-order valence-corrected chi connectivity index (χ2v) is 3.32. The first-order chi connectivity index (χ1) is 6.61. The van der Waals surface area contributed by atoms with Gasteiger partial charge < -0.3 is 9.30 Å².